The molecule has 1 amide bonds. The smallest absolute Gasteiger partial charge is 0.257 e. The van der Waals surface area contributed by atoms with Crippen molar-refractivity contribution < 1.29 is 4.79 Å². The van der Waals surface area contributed by atoms with Crippen molar-refractivity contribution in [2.75, 3.05) is 5.32 Å². The van der Waals surface area contributed by atoms with Crippen LogP contribution in [0.25, 0.3) is 20.8 Å². The first-order chi connectivity index (χ1) is 11.7. The van der Waals surface area contributed by atoms with Gasteiger partial charge in [-0.25, -0.2) is 4.98 Å². The number of nitrogens with zero attached hydrogens (tertiary/aromatic N) is 1. The van der Waals surface area contributed by atoms with Gasteiger partial charge in [-0.05, 0) is 51.6 Å². The van der Waals surface area contributed by atoms with E-state index in [4.69, 9.17) is 0 Å². The topological polar surface area (TPSA) is 42.0 Å². The normalized spacial score (nSPS) is 10.9. The molecule has 0 bridgehead atoms. The molecule has 0 fully saturated rings. The van der Waals surface area contributed by atoms with Gasteiger partial charge in [0.25, 0.3) is 5.91 Å². The lowest BCUT2D eigenvalue weighted by Gasteiger charge is -2.06. The molecule has 1 N–H and O–H groups in total. The number of hydrogen-bond acceptors (Lipinski definition) is 4. The van der Waals surface area contributed by atoms with E-state index in [1.54, 1.807) is 17.4 Å². The van der Waals surface area contributed by atoms with Crippen molar-refractivity contribution in [2.24, 2.45) is 0 Å². The van der Waals surface area contributed by atoms with Gasteiger partial charge < -0.3 is 5.32 Å². The van der Waals surface area contributed by atoms with Crippen molar-refractivity contribution in [2.45, 2.75) is 0 Å². The first-order valence-corrected chi connectivity index (χ1v) is 9.70. The number of rotatable bonds is 3. The summed E-state index contributed by atoms with van der Waals surface area (Å²) in [6.45, 7) is 0. The maximum atomic E-state index is 12.5. The number of nitrogens with one attached hydrogen (secondary N) is 1. The summed E-state index contributed by atoms with van der Waals surface area (Å²) >= 11 is 6.55. The van der Waals surface area contributed by atoms with Crippen molar-refractivity contribution in [1.29, 1.82) is 0 Å². The lowest BCUT2D eigenvalue weighted by molar-refractivity contribution is 0.102. The van der Waals surface area contributed by atoms with Crippen LogP contribution in [0.4, 0.5) is 5.00 Å². The Morgan fingerprint density at radius 3 is 2.67 bits per heavy atom. The zero-order valence-electron chi connectivity index (χ0n) is 12.3. The number of aromatic nitrogens is 1. The molecule has 0 saturated heterocycles. The van der Waals surface area contributed by atoms with Crippen LogP contribution < -0.4 is 5.32 Å². The summed E-state index contributed by atoms with van der Waals surface area (Å²) in [4.78, 5) is 17.2. The Morgan fingerprint density at radius 2 is 1.83 bits per heavy atom. The number of para-hydroxylation sites is 1. The molecule has 4 rings (SSSR count). The van der Waals surface area contributed by atoms with E-state index in [9.17, 15) is 4.79 Å². The number of thiazole rings is 1. The minimum atomic E-state index is -0.132. The molecule has 24 heavy (non-hydrogen) atoms. The van der Waals surface area contributed by atoms with E-state index in [0.717, 1.165) is 30.3 Å². The molecule has 2 aromatic heterocycles. The quantitative estimate of drug-likeness (QED) is 0.443. The molecule has 0 spiro atoms. The highest BCUT2D eigenvalue weighted by Crippen LogP contribution is 2.38. The summed E-state index contributed by atoms with van der Waals surface area (Å²) in [7, 11) is 0. The highest BCUT2D eigenvalue weighted by molar-refractivity contribution is 9.10. The number of halogens is 1. The monoisotopic (exact) mass is 414 g/mol. The maximum absolute atomic E-state index is 12.5. The number of anilines is 1. The summed E-state index contributed by atoms with van der Waals surface area (Å²) in [5, 5.41) is 6.71. The maximum Gasteiger partial charge on any atom is 0.257 e. The predicted molar refractivity (Wildman–Crippen MR) is 105 cm³/mol. The molecule has 4 aromatic rings. The summed E-state index contributed by atoms with van der Waals surface area (Å²) < 4.78 is 1.92. The number of fused-ring (bicyclic) bond motifs is 1. The lowest BCUT2D eigenvalue weighted by Crippen LogP contribution is -2.12. The standard InChI is InChI=1S/C18H11BrN2OS2/c19-13-6-2-1-5-11(13)16(22)21-17-12(9-10-23-17)18-20-14-7-3-4-8-15(14)24-18/h1-10H,(H,21,22). The molecule has 0 atom stereocenters. The number of carbonyl (C=O) groups excluding carboxylic acids is 1. The molecular formula is C18H11BrN2OS2. The number of benzene rings is 2. The molecule has 0 aliphatic carbocycles. The fraction of sp³-hybridized carbons (Fsp3) is 0. The van der Waals surface area contributed by atoms with Gasteiger partial charge in [-0.15, -0.1) is 22.7 Å². The average molecular weight is 415 g/mol. The molecule has 2 heterocycles. The Hall–Kier alpha value is -2.02. The Bertz CT molecular complexity index is 1010. The molecule has 0 radical (unpaired) electrons. The number of carbonyl (C=O) groups is 1. The van der Waals surface area contributed by atoms with E-state index < -0.39 is 0 Å². The number of hydrogen-bond donors (Lipinski definition) is 1. The number of amides is 1. The molecule has 0 unspecified atom stereocenters. The third-order valence-corrected chi connectivity index (χ3v) is 6.13. The molecule has 3 nitrogen and oxygen atoms in total. The predicted octanol–water partition coefficient (Wildman–Crippen LogP) is 6.04. The fourth-order valence-corrected chi connectivity index (χ4v) is 4.69. The van der Waals surface area contributed by atoms with Gasteiger partial charge in [-0.1, -0.05) is 24.3 Å². The van der Waals surface area contributed by atoms with E-state index in [1.165, 1.54) is 11.3 Å². The van der Waals surface area contributed by atoms with E-state index in [0.29, 0.717) is 5.56 Å². The zero-order valence-corrected chi connectivity index (χ0v) is 15.5. The van der Waals surface area contributed by atoms with Gasteiger partial charge >= 0.3 is 0 Å². The molecule has 0 aliphatic rings. The van der Waals surface area contributed by atoms with Gasteiger partial charge in [-0.3, -0.25) is 4.79 Å². The van der Waals surface area contributed by atoms with Gasteiger partial charge in [0.15, 0.2) is 0 Å². The van der Waals surface area contributed by atoms with E-state index in [2.05, 4.69) is 32.3 Å². The first kappa shape index (κ1) is 15.5. The van der Waals surface area contributed by atoms with Crippen LogP contribution in [0.1, 0.15) is 10.4 Å². The van der Waals surface area contributed by atoms with Crippen LogP contribution in [-0.4, -0.2) is 10.9 Å². The van der Waals surface area contributed by atoms with E-state index in [1.807, 2.05) is 47.8 Å². The summed E-state index contributed by atoms with van der Waals surface area (Å²) in [6.07, 6.45) is 0. The lowest BCUT2D eigenvalue weighted by atomic mass is 10.2. The summed E-state index contributed by atoms with van der Waals surface area (Å²) in [5.41, 5.74) is 2.55. The van der Waals surface area contributed by atoms with Gasteiger partial charge in [0.05, 0.1) is 15.8 Å². The van der Waals surface area contributed by atoms with Crippen molar-refractivity contribution in [3.05, 3.63) is 70.0 Å². The second-order valence-electron chi connectivity index (χ2n) is 5.08. The minimum Gasteiger partial charge on any atom is -0.313 e. The molecule has 0 saturated carbocycles. The number of thiophene rings is 1. The third kappa shape index (κ3) is 2.88. The van der Waals surface area contributed by atoms with Gasteiger partial charge in [-0.2, -0.15) is 0 Å². The molecule has 0 aliphatic heterocycles. The minimum absolute atomic E-state index is 0.132. The van der Waals surface area contributed by atoms with Gasteiger partial charge in [0.1, 0.15) is 10.0 Å². The first-order valence-electron chi connectivity index (χ1n) is 7.22. The average Bonchev–Trinajstić information content (AvgIpc) is 3.21. The highest BCUT2D eigenvalue weighted by Gasteiger charge is 2.16. The van der Waals surface area contributed by atoms with Crippen molar-refractivity contribution in [3.63, 3.8) is 0 Å². The van der Waals surface area contributed by atoms with Gasteiger partial charge in [0, 0.05) is 10.0 Å². The van der Waals surface area contributed by atoms with E-state index >= 15 is 0 Å². The highest BCUT2D eigenvalue weighted by atomic mass is 79.9. The Labute approximate surface area is 155 Å². The van der Waals surface area contributed by atoms with Crippen LogP contribution in [0.3, 0.4) is 0 Å². The third-order valence-electron chi connectivity index (χ3n) is 3.54. The van der Waals surface area contributed by atoms with E-state index in [-0.39, 0.29) is 5.91 Å². The largest absolute Gasteiger partial charge is 0.313 e. The van der Waals surface area contributed by atoms with Crippen molar-refractivity contribution in [1.82, 2.24) is 4.98 Å². The molecular weight excluding hydrogens is 404 g/mol. The summed E-state index contributed by atoms with van der Waals surface area (Å²) in [5.74, 6) is -0.132. The van der Waals surface area contributed by atoms with Crippen LogP contribution in [0.2, 0.25) is 0 Å². The zero-order chi connectivity index (χ0) is 16.5. The molecule has 2 aromatic carbocycles. The Balaban J connectivity index is 1.68. The second kappa shape index (κ2) is 6.47. The summed E-state index contributed by atoms with van der Waals surface area (Å²) in [6, 6.07) is 17.4. The van der Waals surface area contributed by atoms with Crippen LogP contribution >= 0.6 is 38.6 Å². The second-order valence-corrected chi connectivity index (χ2v) is 7.89. The van der Waals surface area contributed by atoms with Gasteiger partial charge in [0.2, 0.25) is 0 Å². The Kier molecular flexibility index (Phi) is 4.18. The molecule has 6 heteroatoms. The molecule has 118 valence electrons. The Morgan fingerprint density at radius 1 is 1.04 bits per heavy atom. The van der Waals surface area contributed by atoms with Crippen molar-refractivity contribution >= 4 is 59.7 Å². The van der Waals surface area contributed by atoms with Crippen LogP contribution in [0.5, 0.6) is 0 Å². The fourth-order valence-electron chi connectivity index (χ4n) is 2.38. The van der Waals surface area contributed by atoms with Crippen LogP contribution in [0.15, 0.2) is 64.5 Å². The SMILES string of the molecule is O=C(Nc1sccc1-c1nc2ccccc2s1)c1ccccc1Br. The van der Waals surface area contributed by atoms with Crippen LogP contribution in [0, 0.1) is 0 Å². The van der Waals surface area contributed by atoms with Crippen LogP contribution in [-0.2, 0) is 0 Å². The van der Waals surface area contributed by atoms with Crippen molar-refractivity contribution in [3.8, 4) is 10.6 Å².